The van der Waals surface area contributed by atoms with Gasteiger partial charge in [0.2, 0.25) is 0 Å². The van der Waals surface area contributed by atoms with Crippen LogP contribution in [0.25, 0.3) is 11.3 Å². The Morgan fingerprint density at radius 3 is 2.42 bits per heavy atom. The molecule has 24 heavy (non-hydrogen) atoms. The Morgan fingerprint density at radius 2 is 1.79 bits per heavy atom. The Hall–Kier alpha value is -3.08. The maximum atomic E-state index is 11.9. The molecule has 0 atom stereocenters. The minimum Gasteiger partial charge on any atom is -0.484 e. The highest BCUT2D eigenvalue weighted by atomic mass is 16.5. The van der Waals surface area contributed by atoms with E-state index in [-0.39, 0.29) is 12.5 Å². The molecule has 3 rings (SSSR count). The number of carbonyl (C=O) groups excluding carboxylic acids is 1. The summed E-state index contributed by atoms with van der Waals surface area (Å²) in [4.78, 5) is 16.3. The number of rotatable bonds is 5. The van der Waals surface area contributed by atoms with Crippen molar-refractivity contribution in [1.29, 1.82) is 0 Å². The van der Waals surface area contributed by atoms with Crippen molar-refractivity contribution in [2.24, 2.45) is 0 Å². The number of para-hydroxylation sites is 1. The van der Waals surface area contributed by atoms with Gasteiger partial charge in [0.15, 0.2) is 12.5 Å². The predicted molar refractivity (Wildman–Crippen MR) is 92.0 cm³/mol. The molecule has 122 valence electrons. The molecular formula is C19H18N2O3. The van der Waals surface area contributed by atoms with Crippen molar-refractivity contribution in [1.82, 2.24) is 4.98 Å². The van der Waals surface area contributed by atoms with Crippen molar-refractivity contribution >= 4 is 11.6 Å². The third-order valence-electron chi connectivity index (χ3n) is 3.46. The highest BCUT2D eigenvalue weighted by Gasteiger charge is 2.09. The Kier molecular flexibility index (Phi) is 4.61. The Balaban J connectivity index is 1.60. The molecule has 0 bridgehead atoms. The maximum Gasteiger partial charge on any atom is 0.262 e. The van der Waals surface area contributed by atoms with E-state index in [9.17, 15) is 4.79 Å². The molecule has 0 aliphatic rings. The van der Waals surface area contributed by atoms with Crippen LogP contribution in [-0.2, 0) is 4.79 Å². The van der Waals surface area contributed by atoms with Crippen molar-refractivity contribution in [3.05, 3.63) is 66.2 Å². The van der Waals surface area contributed by atoms with Gasteiger partial charge in [-0.2, -0.15) is 0 Å². The van der Waals surface area contributed by atoms with Gasteiger partial charge in [-0.15, -0.1) is 0 Å². The normalized spacial score (nSPS) is 10.4. The van der Waals surface area contributed by atoms with Crippen LogP contribution in [0.15, 0.2) is 59.0 Å². The fraction of sp³-hybridized carbons (Fsp3) is 0.158. The van der Waals surface area contributed by atoms with Gasteiger partial charge in [0.25, 0.3) is 5.91 Å². The van der Waals surface area contributed by atoms with Crippen LogP contribution in [0.2, 0.25) is 0 Å². The molecule has 0 aliphatic carbocycles. The molecule has 0 aliphatic heterocycles. The van der Waals surface area contributed by atoms with E-state index in [0.29, 0.717) is 17.3 Å². The van der Waals surface area contributed by atoms with Crippen LogP contribution < -0.4 is 10.1 Å². The largest absolute Gasteiger partial charge is 0.484 e. The van der Waals surface area contributed by atoms with Crippen molar-refractivity contribution in [2.75, 3.05) is 11.9 Å². The summed E-state index contributed by atoms with van der Waals surface area (Å²) in [5.74, 6) is 1.87. The van der Waals surface area contributed by atoms with Gasteiger partial charge in [-0.1, -0.05) is 30.3 Å². The van der Waals surface area contributed by atoms with E-state index in [2.05, 4.69) is 10.3 Å². The topological polar surface area (TPSA) is 64.4 Å². The van der Waals surface area contributed by atoms with Gasteiger partial charge >= 0.3 is 0 Å². The molecule has 0 spiro atoms. The van der Waals surface area contributed by atoms with Crippen LogP contribution in [0, 0.1) is 13.8 Å². The fourth-order valence-electron chi connectivity index (χ4n) is 2.37. The van der Waals surface area contributed by atoms with Crippen molar-refractivity contribution < 1.29 is 13.9 Å². The maximum absolute atomic E-state index is 11.9. The lowest BCUT2D eigenvalue weighted by atomic mass is 10.1. The van der Waals surface area contributed by atoms with E-state index in [4.69, 9.17) is 9.15 Å². The van der Waals surface area contributed by atoms with Crippen LogP contribution in [0.3, 0.4) is 0 Å². The molecule has 0 radical (unpaired) electrons. The standard InChI is InChI=1S/C19H18N2O3/c1-13-19(20-14(2)24-13)15-8-10-16(11-9-15)21-18(22)12-23-17-6-4-3-5-7-17/h3-11H,12H2,1-2H3,(H,21,22). The average molecular weight is 322 g/mol. The molecular weight excluding hydrogens is 304 g/mol. The fourth-order valence-corrected chi connectivity index (χ4v) is 2.37. The van der Waals surface area contributed by atoms with Crippen LogP contribution in [0.4, 0.5) is 5.69 Å². The minimum absolute atomic E-state index is 0.0344. The molecule has 2 aromatic carbocycles. The number of carbonyl (C=O) groups is 1. The summed E-state index contributed by atoms with van der Waals surface area (Å²) in [7, 11) is 0. The third kappa shape index (κ3) is 3.81. The lowest BCUT2D eigenvalue weighted by Crippen LogP contribution is -2.20. The van der Waals surface area contributed by atoms with Crippen molar-refractivity contribution in [3.8, 4) is 17.0 Å². The zero-order valence-electron chi connectivity index (χ0n) is 13.6. The number of hydrogen-bond donors (Lipinski definition) is 1. The van der Waals surface area contributed by atoms with Crippen LogP contribution in [0.1, 0.15) is 11.7 Å². The smallest absolute Gasteiger partial charge is 0.262 e. The number of benzene rings is 2. The molecule has 0 saturated heterocycles. The quantitative estimate of drug-likeness (QED) is 0.772. The molecule has 5 nitrogen and oxygen atoms in total. The Morgan fingerprint density at radius 1 is 1.08 bits per heavy atom. The minimum atomic E-state index is -0.208. The lowest BCUT2D eigenvalue weighted by molar-refractivity contribution is -0.118. The van der Waals surface area contributed by atoms with E-state index in [0.717, 1.165) is 17.0 Å². The van der Waals surface area contributed by atoms with Gasteiger partial charge in [0.05, 0.1) is 0 Å². The third-order valence-corrected chi connectivity index (χ3v) is 3.46. The van der Waals surface area contributed by atoms with Gasteiger partial charge in [-0.05, 0) is 31.2 Å². The second-order valence-corrected chi connectivity index (χ2v) is 5.36. The van der Waals surface area contributed by atoms with Gasteiger partial charge < -0.3 is 14.5 Å². The summed E-state index contributed by atoms with van der Waals surface area (Å²) in [6, 6.07) is 16.7. The first kappa shape index (κ1) is 15.8. The molecule has 5 heteroatoms. The second-order valence-electron chi connectivity index (χ2n) is 5.36. The summed E-state index contributed by atoms with van der Waals surface area (Å²) in [5, 5.41) is 2.80. The zero-order chi connectivity index (χ0) is 16.9. The average Bonchev–Trinajstić information content (AvgIpc) is 2.93. The first-order chi connectivity index (χ1) is 11.6. The molecule has 0 unspecified atom stereocenters. The molecule has 3 aromatic rings. The van der Waals surface area contributed by atoms with Crippen molar-refractivity contribution in [3.63, 3.8) is 0 Å². The van der Waals surface area contributed by atoms with Gasteiger partial charge in [-0.25, -0.2) is 4.98 Å². The summed E-state index contributed by atoms with van der Waals surface area (Å²) >= 11 is 0. The van der Waals surface area contributed by atoms with E-state index in [1.165, 1.54) is 0 Å². The lowest BCUT2D eigenvalue weighted by Gasteiger charge is -2.08. The molecule has 0 saturated carbocycles. The first-order valence-electron chi connectivity index (χ1n) is 7.64. The van der Waals surface area contributed by atoms with E-state index < -0.39 is 0 Å². The summed E-state index contributed by atoms with van der Waals surface area (Å²) in [5.41, 5.74) is 2.47. The number of hydrogen-bond acceptors (Lipinski definition) is 4. The number of oxazole rings is 1. The monoisotopic (exact) mass is 322 g/mol. The van der Waals surface area contributed by atoms with E-state index in [1.807, 2.05) is 68.4 Å². The number of aromatic nitrogens is 1. The van der Waals surface area contributed by atoms with Crippen LogP contribution in [-0.4, -0.2) is 17.5 Å². The highest BCUT2D eigenvalue weighted by Crippen LogP contribution is 2.24. The van der Waals surface area contributed by atoms with Crippen molar-refractivity contribution in [2.45, 2.75) is 13.8 Å². The number of aryl methyl sites for hydroxylation is 2. The van der Waals surface area contributed by atoms with Crippen LogP contribution >= 0.6 is 0 Å². The highest BCUT2D eigenvalue weighted by molar-refractivity contribution is 5.92. The zero-order valence-corrected chi connectivity index (χ0v) is 13.6. The SMILES string of the molecule is Cc1nc(-c2ccc(NC(=O)COc3ccccc3)cc2)c(C)o1. The molecule has 0 fully saturated rings. The second kappa shape index (κ2) is 7.00. The number of ether oxygens (including phenoxy) is 1. The van der Waals surface area contributed by atoms with E-state index >= 15 is 0 Å². The molecule has 1 aromatic heterocycles. The summed E-state index contributed by atoms with van der Waals surface area (Å²) < 4.78 is 10.9. The Bertz CT molecular complexity index is 824. The number of amides is 1. The number of nitrogens with zero attached hydrogens (tertiary/aromatic N) is 1. The molecule has 1 heterocycles. The Labute approximate surface area is 140 Å². The van der Waals surface area contributed by atoms with Gasteiger partial charge in [-0.3, -0.25) is 4.79 Å². The number of anilines is 1. The number of nitrogens with one attached hydrogen (secondary N) is 1. The first-order valence-corrected chi connectivity index (χ1v) is 7.64. The van der Waals surface area contributed by atoms with Gasteiger partial charge in [0, 0.05) is 18.2 Å². The summed E-state index contributed by atoms with van der Waals surface area (Å²) in [6.45, 7) is 3.66. The van der Waals surface area contributed by atoms with Gasteiger partial charge in [0.1, 0.15) is 17.2 Å². The van der Waals surface area contributed by atoms with Crippen LogP contribution in [0.5, 0.6) is 5.75 Å². The molecule has 1 amide bonds. The predicted octanol–water partition coefficient (Wildman–Crippen LogP) is 3.98. The molecule has 1 N–H and O–H groups in total. The summed E-state index contributed by atoms with van der Waals surface area (Å²) in [6.07, 6.45) is 0. The van der Waals surface area contributed by atoms with E-state index in [1.54, 1.807) is 0 Å².